The van der Waals surface area contributed by atoms with E-state index in [0.717, 1.165) is 12.1 Å². The van der Waals surface area contributed by atoms with Gasteiger partial charge in [0.2, 0.25) is 0 Å². The number of nitrogens with two attached hydrogens (primary N) is 1. The van der Waals surface area contributed by atoms with Gasteiger partial charge in [0.25, 0.3) is 5.91 Å². The highest BCUT2D eigenvalue weighted by atomic mass is 19.4. The normalized spacial score (nSPS) is 13.4. The molecular formula is C19H18F3N3O3. The Hall–Kier alpha value is -3.36. The van der Waals surface area contributed by atoms with E-state index < -0.39 is 23.8 Å². The lowest BCUT2D eigenvalue weighted by Gasteiger charge is -2.20. The van der Waals surface area contributed by atoms with E-state index in [-0.39, 0.29) is 16.8 Å². The van der Waals surface area contributed by atoms with E-state index in [0.29, 0.717) is 5.56 Å². The number of halogens is 3. The monoisotopic (exact) mass is 393 g/mol. The standard InChI is InChI=1S/C19H18F3N3O3/c1-3-24-28-17(12-7-6-8-13(11-12)19(20,21)22)15-10-5-4-9-14(15)16(18(23)26)25-27-2/h3-11,17H,1-2H3,(H2,23,26). The third-order valence-electron chi connectivity index (χ3n) is 3.70. The Labute approximate surface area is 159 Å². The molecule has 0 aliphatic rings. The van der Waals surface area contributed by atoms with Gasteiger partial charge in [-0.3, -0.25) is 4.79 Å². The largest absolute Gasteiger partial charge is 0.416 e. The lowest BCUT2D eigenvalue weighted by Crippen LogP contribution is -2.26. The first-order chi connectivity index (χ1) is 13.3. The fourth-order valence-corrected chi connectivity index (χ4v) is 2.56. The predicted molar refractivity (Wildman–Crippen MR) is 97.7 cm³/mol. The van der Waals surface area contributed by atoms with Gasteiger partial charge in [-0.15, -0.1) is 0 Å². The Morgan fingerprint density at radius 1 is 1.18 bits per heavy atom. The van der Waals surface area contributed by atoms with E-state index in [1.54, 1.807) is 25.1 Å². The Morgan fingerprint density at radius 2 is 1.89 bits per heavy atom. The zero-order valence-corrected chi connectivity index (χ0v) is 15.1. The first kappa shape index (κ1) is 20.9. The summed E-state index contributed by atoms with van der Waals surface area (Å²) in [5.74, 6) is -0.865. The number of nitrogens with zero attached hydrogens (tertiary/aromatic N) is 2. The van der Waals surface area contributed by atoms with Crippen LogP contribution >= 0.6 is 0 Å². The zero-order valence-electron chi connectivity index (χ0n) is 15.1. The molecular weight excluding hydrogens is 375 g/mol. The number of benzene rings is 2. The van der Waals surface area contributed by atoms with Crippen LogP contribution in [0.1, 0.15) is 35.3 Å². The smallest absolute Gasteiger partial charge is 0.398 e. The molecule has 28 heavy (non-hydrogen) atoms. The summed E-state index contributed by atoms with van der Waals surface area (Å²) in [4.78, 5) is 21.9. The number of hydrogen-bond acceptors (Lipinski definition) is 5. The molecule has 2 aromatic carbocycles. The average Bonchev–Trinajstić information content (AvgIpc) is 2.66. The van der Waals surface area contributed by atoms with Crippen molar-refractivity contribution in [1.82, 2.24) is 0 Å². The van der Waals surface area contributed by atoms with E-state index in [1.165, 1.54) is 31.5 Å². The molecule has 0 bridgehead atoms. The van der Waals surface area contributed by atoms with Crippen LogP contribution in [0.2, 0.25) is 0 Å². The number of hydrogen-bond donors (Lipinski definition) is 1. The molecule has 0 aliphatic carbocycles. The van der Waals surface area contributed by atoms with Gasteiger partial charge in [-0.1, -0.05) is 46.7 Å². The highest BCUT2D eigenvalue weighted by molar-refractivity contribution is 6.45. The molecule has 9 heteroatoms. The van der Waals surface area contributed by atoms with E-state index in [2.05, 4.69) is 15.1 Å². The summed E-state index contributed by atoms with van der Waals surface area (Å²) in [6, 6.07) is 11.0. The van der Waals surface area contributed by atoms with Crippen LogP contribution in [0.25, 0.3) is 0 Å². The van der Waals surface area contributed by atoms with Crippen molar-refractivity contribution in [3.05, 3.63) is 70.8 Å². The topological polar surface area (TPSA) is 86.3 Å². The number of primary amides is 1. The van der Waals surface area contributed by atoms with Gasteiger partial charge < -0.3 is 15.4 Å². The number of amides is 1. The van der Waals surface area contributed by atoms with Crippen molar-refractivity contribution in [2.45, 2.75) is 19.2 Å². The summed E-state index contributed by atoms with van der Waals surface area (Å²) in [5.41, 5.74) is 5.14. The minimum Gasteiger partial charge on any atom is -0.398 e. The summed E-state index contributed by atoms with van der Waals surface area (Å²) in [6.07, 6.45) is -4.22. The first-order valence-electron chi connectivity index (χ1n) is 8.10. The molecule has 0 heterocycles. The molecule has 0 spiro atoms. The van der Waals surface area contributed by atoms with Crippen molar-refractivity contribution >= 4 is 17.8 Å². The van der Waals surface area contributed by atoms with Crippen LogP contribution in [-0.4, -0.2) is 24.9 Å². The van der Waals surface area contributed by atoms with Crippen molar-refractivity contribution in [2.24, 2.45) is 16.0 Å². The van der Waals surface area contributed by atoms with Crippen LogP contribution in [0.3, 0.4) is 0 Å². The minimum atomic E-state index is -4.52. The van der Waals surface area contributed by atoms with Gasteiger partial charge in [-0.2, -0.15) is 13.2 Å². The molecule has 1 amide bonds. The fourth-order valence-electron chi connectivity index (χ4n) is 2.56. The summed E-state index contributed by atoms with van der Waals surface area (Å²) in [7, 11) is 1.24. The number of rotatable bonds is 7. The second kappa shape index (κ2) is 9.03. The SMILES string of the molecule is CC=NOC(c1cccc(C(F)(F)F)c1)c1ccccc1C(=NOC)C(N)=O. The van der Waals surface area contributed by atoms with Gasteiger partial charge in [0, 0.05) is 22.9 Å². The molecule has 0 aromatic heterocycles. The van der Waals surface area contributed by atoms with Crippen LogP contribution in [0, 0.1) is 0 Å². The average molecular weight is 393 g/mol. The van der Waals surface area contributed by atoms with E-state index in [4.69, 9.17) is 10.6 Å². The fraction of sp³-hybridized carbons (Fsp3) is 0.211. The number of carbonyl (C=O) groups is 1. The van der Waals surface area contributed by atoms with Gasteiger partial charge in [0.15, 0.2) is 11.8 Å². The maximum atomic E-state index is 13.1. The maximum Gasteiger partial charge on any atom is 0.416 e. The van der Waals surface area contributed by atoms with Gasteiger partial charge >= 0.3 is 6.18 Å². The van der Waals surface area contributed by atoms with Gasteiger partial charge in [0.05, 0.1) is 5.56 Å². The maximum absolute atomic E-state index is 13.1. The lowest BCUT2D eigenvalue weighted by molar-refractivity contribution is -0.137. The molecule has 2 aromatic rings. The summed E-state index contributed by atoms with van der Waals surface area (Å²) in [5, 5.41) is 7.35. The Morgan fingerprint density at radius 3 is 2.50 bits per heavy atom. The number of oxime groups is 2. The first-order valence-corrected chi connectivity index (χ1v) is 8.10. The van der Waals surface area contributed by atoms with E-state index >= 15 is 0 Å². The molecule has 0 saturated carbocycles. The Bertz CT molecular complexity index is 895. The Kier molecular flexibility index (Phi) is 6.75. The molecule has 0 saturated heterocycles. The van der Waals surface area contributed by atoms with Crippen molar-refractivity contribution in [2.75, 3.05) is 7.11 Å². The van der Waals surface area contributed by atoms with Crippen molar-refractivity contribution in [1.29, 1.82) is 0 Å². The highest BCUT2D eigenvalue weighted by Gasteiger charge is 2.32. The molecule has 1 atom stereocenters. The summed E-state index contributed by atoms with van der Waals surface area (Å²) >= 11 is 0. The van der Waals surface area contributed by atoms with Crippen LogP contribution in [0.4, 0.5) is 13.2 Å². The number of carbonyl (C=O) groups excluding carboxylic acids is 1. The minimum absolute atomic E-state index is 0.189. The molecule has 148 valence electrons. The molecule has 6 nitrogen and oxygen atoms in total. The molecule has 0 radical (unpaired) electrons. The third-order valence-corrected chi connectivity index (χ3v) is 3.70. The molecule has 0 fully saturated rings. The van der Waals surface area contributed by atoms with Crippen LogP contribution in [0.15, 0.2) is 58.8 Å². The molecule has 2 rings (SSSR count). The second-order valence-corrected chi connectivity index (χ2v) is 5.55. The number of alkyl halides is 3. The predicted octanol–water partition coefficient (Wildman–Crippen LogP) is 3.65. The quantitative estimate of drug-likeness (QED) is 0.575. The third kappa shape index (κ3) is 4.87. The second-order valence-electron chi connectivity index (χ2n) is 5.55. The van der Waals surface area contributed by atoms with Gasteiger partial charge in [-0.25, -0.2) is 0 Å². The van der Waals surface area contributed by atoms with Crippen LogP contribution in [-0.2, 0) is 20.6 Å². The van der Waals surface area contributed by atoms with Gasteiger partial charge in [0.1, 0.15) is 7.11 Å². The Balaban J connectivity index is 2.66. The summed E-state index contributed by atoms with van der Waals surface area (Å²) in [6.45, 7) is 1.59. The van der Waals surface area contributed by atoms with Crippen molar-refractivity contribution in [3.63, 3.8) is 0 Å². The lowest BCUT2D eigenvalue weighted by atomic mass is 9.93. The highest BCUT2D eigenvalue weighted by Crippen LogP contribution is 2.34. The van der Waals surface area contributed by atoms with Crippen LogP contribution < -0.4 is 5.73 Å². The summed E-state index contributed by atoms with van der Waals surface area (Å²) < 4.78 is 39.4. The molecule has 1 unspecified atom stereocenters. The molecule has 2 N–H and O–H groups in total. The van der Waals surface area contributed by atoms with Crippen LogP contribution in [0.5, 0.6) is 0 Å². The van der Waals surface area contributed by atoms with E-state index in [9.17, 15) is 18.0 Å². The van der Waals surface area contributed by atoms with E-state index in [1.807, 2.05) is 0 Å². The van der Waals surface area contributed by atoms with Gasteiger partial charge in [-0.05, 0) is 19.1 Å². The zero-order chi connectivity index (χ0) is 20.7. The molecule has 0 aliphatic heterocycles. The van der Waals surface area contributed by atoms with Crippen molar-refractivity contribution in [3.8, 4) is 0 Å². The van der Waals surface area contributed by atoms with Crippen molar-refractivity contribution < 1.29 is 27.6 Å².